The van der Waals surface area contributed by atoms with Crippen LogP contribution >= 0.6 is 0 Å². The molecule has 31 heavy (non-hydrogen) atoms. The number of hydrogen-bond donors (Lipinski definition) is 0. The zero-order valence-electron chi connectivity index (χ0n) is 19.7. The SMILES string of the molecule is CC1=C2N(C=CC2(C2CCCC2)C2CCCC2)C(C2CCCC2)N1c1ccccc1C. The van der Waals surface area contributed by atoms with Crippen LogP contribution in [0.1, 0.15) is 89.5 Å². The fraction of sp³-hybridized carbons (Fsp3) is 0.655. The second-order valence-corrected chi connectivity index (χ2v) is 11.2. The van der Waals surface area contributed by atoms with Crippen molar-refractivity contribution < 1.29 is 0 Å². The Labute approximate surface area is 189 Å². The maximum Gasteiger partial charge on any atom is 0.113 e. The summed E-state index contributed by atoms with van der Waals surface area (Å²) < 4.78 is 0. The molecule has 1 aromatic rings. The number of allylic oxidation sites excluding steroid dienone is 2. The lowest BCUT2D eigenvalue weighted by atomic mass is 9.63. The number of nitrogens with zero attached hydrogens (tertiary/aromatic N) is 2. The van der Waals surface area contributed by atoms with Crippen molar-refractivity contribution in [2.24, 2.45) is 23.2 Å². The second-order valence-electron chi connectivity index (χ2n) is 11.2. The van der Waals surface area contributed by atoms with Gasteiger partial charge in [0.2, 0.25) is 0 Å². The van der Waals surface area contributed by atoms with E-state index in [0.717, 1.165) is 17.8 Å². The number of para-hydroxylation sites is 1. The van der Waals surface area contributed by atoms with Gasteiger partial charge in [0.15, 0.2) is 0 Å². The Morgan fingerprint density at radius 3 is 1.97 bits per heavy atom. The zero-order chi connectivity index (χ0) is 21.0. The summed E-state index contributed by atoms with van der Waals surface area (Å²) in [6.45, 7) is 4.77. The van der Waals surface area contributed by atoms with E-state index in [9.17, 15) is 0 Å². The third kappa shape index (κ3) is 2.89. The smallest absolute Gasteiger partial charge is 0.113 e. The standard InChI is InChI=1S/C29H40N2/c1-21-11-3-10-18-26(21)31-22(2)27-29(24-14-6-7-15-24,25-16-8-9-17-25)19-20-30(27)28(31)23-12-4-5-13-23/h3,10-11,18-20,23-25,28H,4-9,12-17H2,1-2H3. The molecule has 0 spiro atoms. The minimum absolute atomic E-state index is 0.297. The average Bonchev–Trinajstić information content (AvgIpc) is 3.58. The molecule has 2 heterocycles. The Morgan fingerprint density at radius 1 is 0.774 bits per heavy atom. The molecule has 0 N–H and O–H groups in total. The van der Waals surface area contributed by atoms with Crippen LogP contribution in [0.15, 0.2) is 47.9 Å². The summed E-state index contributed by atoms with van der Waals surface area (Å²) >= 11 is 0. The molecule has 1 aromatic carbocycles. The van der Waals surface area contributed by atoms with E-state index in [-0.39, 0.29) is 0 Å². The fourth-order valence-electron chi connectivity index (χ4n) is 8.39. The summed E-state index contributed by atoms with van der Waals surface area (Å²) in [6, 6.07) is 9.12. The van der Waals surface area contributed by atoms with Crippen molar-refractivity contribution in [2.45, 2.75) is 97.1 Å². The minimum atomic E-state index is 0.297. The van der Waals surface area contributed by atoms with Crippen molar-refractivity contribution in [1.82, 2.24) is 4.90 Å². The minimum Gasteiger partial charge on any atom is -0.328 e. The van der Waals surface area contributed by atoms with Crippen LogP contribution in [0.5, 0.6) is 0 Å². The van der Waals surface area contributed by atoms with Gasteiger partial charge in [0, 0.05) is 28.7 Å². The van der Waals surface area contributed by atoms with E-state index in [1.165, 1.54) is 88.3 Å². The Morgan fingerprint density at radius 2 is 1.35 bits per heavy atom. The zero-order valence-corrected chi connectivity index (χ0v) is 19.7. The molecule has 3 saturated carbocycles. The van der Waals surface area contributed by atoms with Gasteiger partial charge in [-0.2, -0.15) is 0 Å². The predicted molar refractivity (Wildman–Crippen MR) is 129 cm³/mol. The molecule has 5 aliphatic rings. The molecule has 1 unspecified atom stereocenters. The molecule has 3 fully saturated rings. The highest BCUT2D eigenvalue weighted by atomic mass is 15.4. The van der Waals surface area contributed by atoms with Gasteiger partial charge in [-0.15, -0.1) is 0 Å². The van der Waals surface area contributed by atoms with Crippen LogP contribution in [0.25, 0.3) is 0 Å². The Hall–Kier alpha value is -1.70. The first-order chi connectivity index (χ1) is 15.2. The number of rotatable bonds is 4. The van der Waals surface area contributed by atoms with E-state index in [2.05, 4.69) is 60.2 Å². The van der Waals surface area contributed by atoms with E-state index in [1.807, 2.05) is 0 Å². The molecule has 1 atom stereocenters. The molecular formula is C29H40N2. The summed E-state index contributed by atoms with van der Waals surface area (Å²) in [5.74, 6) is 2.48. The molecule has 2 heteroatoms. The lowest BCUT2D eigenvalue weighted by Gasteiger charge is -2.42. The summed E-state index contributed by atoms with van der Waals surface area (Å²) in [5, 5.41) is 0. The highest BCUT2D eigenvalue weighted by Crippen LogP contribution is 2.62. The summed E-state index contributed by atoms with van der Waals surface area (Å²) in [5.41, 5.74) is 6.44. The lowest BCUT2D eigenvalue weighted by Crippen LogP contribution is -2.44. The van der Waals surface area contributed by atoms with Gasteiger partial charge in [-0.25, -0.2) is 0 Å². The van der Waals surface area contributed by atoms with Gasteiger partial charge >= 0.3 is 0 Å². The number of benzene rings is 1. The summed E-state index contributed by atoms with van der Waals surface area (Å²) in [6.07, 6.45) is 22.9. The maximum atomic E-state index is 2.80. The highest BCUT2D eigenvalue weighted by Gasteiger charge is 2.57. The van der Waals surface area contributed by atoms with Crippen molar-refractivity contribution in [2.75, 3.05) is 4.90 Å². The van der Waals surface area contributed by atoms with E-state index in [4.69, 9.17) is 0 Å². The highest BCUT2D eigenvalue weighted by molar-refractivity contribution is 5.63. The molecule has 0 saturated heterocycles. The quantitative estimate of drug-likeness (QED) is 0.495. The van der Waals surface area contributed by atoms with Crippen LogP contribution in [0.3, 0.4) is 0 Å². The van der Waals surface area contributed by atoms with E-state index >= 15 is 0 Å². The number of anilines is 1. The van der Waals surface area contributed by atoms with Gasteiger partial charge in [0.25, 0.3) is 0 Å². The van der Waals surface area contributed by atoms with Crippen molar-refractivity contribution >= 4 is 5.69 Å². The van der Waals surface area contributed by atoms with Crippen LogP contribution in [0.2, 0.25) is 0 Å². The first-order valence-corrected chi connectivity index (χ1v) is 13.3. The molecule has 0 radical (unpaired) electrons. The van der Waals surface area contributed by atoms with Crippen LogP contribution < -0.4 is 4.90 Å². The monoisotopic (exact) mass is 416 g/mol. The van der Waals surface area contributed by atoms with Crippen LogP contribution in [-0.4, -0.2) is 11.1 Å². The predicted octanol–water partition coefficient (Wildman–Crippen LogP) is 7.76. The van der Waals surface area contributed by atoms with Crippen molar-refractivity contribution in [3.8, 4) is 0 Å². The van der Waals surface area contributed by atoms with E-state index in [0.29, 0.717) is 11.6 Å². The van der Waals surface area contributed by atoms with Crippen LogP contribution in [0, 0.1) is 30.1 Å². The van der Waals surface area contributed by atoms with E-state index < -0.39 is 0 Å². The van der Waals surface area contributed by atoms with Gasteiger partial charge in [0.05, 0.1) is 0 Å². The van der Waals surface area contributed by atoms with Gasteiger partial charge in [-0.1, -0.05) is 62.8 Å². The first kappa shape index (κ1) is 19.9. The Balaban J connectivity index is 1.51. The molecule has 0 aromatic heterocycles. The third-order valence-corrected chi connectivity index (χ3v) is 9.69. The number of fused-ring (bicyclic) bond motifs is 1. The van der Waals surface area contributed by atoms with Crippen molar-refractivity contribution in [1.29, 1.82) is 0 Å². The largest absolute Gasteiger partial charge is 0.328 e. The van der Waals surface area contributed by atoms with Crippen molar-refractivity contribution in [3.05, 3.63) is 53.5 Å². The molecule has 2 aliphatic heterocycles. The third-order valence-electron chi connectivity index (χ3n) is 9.69. The van der Waals surface area contributed by atoms with Crippen molar-refractivity contribution in [3.63, 3.8) is 0 Å². The van der Waals surface area contributed by atoms with Gasteiger partial charge in [-0.3, -0.25) is 0 Å². The van der Waals surface area contributed by atoms with Crippen LogP contribution in [-0.2, 0) is 0 Å². The maximum absolute atomic E-state index is 2.80. The lowest BCUT2D eigenvalue weighted by molar-refractivity contribution is 0.149. The molecule has 0 bridgehead atoms. The number of hydrogen-bond acceptors (Lipinski definition) is 2. The molecule has 166 valence electrons. The second kappa shape index (κ2) is 7.71. The fourth-order valence-corrected chi connectivity index (χ4v) is 8.39. The molecular weight excluding hydrogens is 376 g/mol. The van der Waals surface area contributed by atoms with Gasteiger partial charge in [0.1, 0.15) is 6.17 Å². The average molecular weight is 417 g/mol. The Kier molecular flexibility index (Phi) is 4.96. The summed E-state index contributed by atoms with van der Waals surface area (Å²) in [4.78, 5) is 5.58. The van der Waals surface area contributed by atoms with E-state index in [1.54, 1.807) is 11.4 Å². The number of aryl methyl sites for hydroxylation is 1. The normalized spacial score (nSPS) is 29.2. The topological polar surface area (TPSA) is 6.48 Å². The summed E-state index contributed by atoms with van der Waals surface area (Å²) in [7, 11) is 0. The van der Waals surface area contributed by atoms with Crippen LogP contribution in [0.4, 0.5) is 5.69 Å². The molecule has 3 aliphatic carbocycles. The van der Waals surface area contributed by atoms with Gasteiger partial charge < -0.3 is 9.80 Å². The Bertz CT molecular complexity index is 862. The molecule has 6 rings (SSSR count). The van der Waals surface area contributed by atoms with Gasteiger partial charge in [-0.05, 0) is 81.8 Å². The molecule has 2 nitrogen and oxygen atoms in total. The molecule has 0 amide bonds. The first-order valence-electron chi connectivity index (χ1n) is 13.3.